The minimum Gasteiger partial charge on any atom is -0.309 e. The summed E-state index contributed by atoms with van der Waals surface area (Å²) >= 11 is 3.34. The third kappa shape index (κ3) is 4.33. The van der Waals surface area contributed by atoms with E-state index in [4.69, 9.17) is 0 Å². The second-order valence-corrected chi connectivity index (χ2v) is 6.92. The summed E-state index contributed by atoms with van der Waals surface area (Å²) in [6, 6.07) is 9.48. The Morgan fingerprint density at radius 2 is 2.15 bits per heavy atom. The zero-order valence-corrected chi connectivity index (χ0v) is 13.5. The molecule has 0 aliphatic rings. The quantitative estimate of drug-likeness (QED) is 0.720. The van der Waals surface area contributed by atoms with Gasteiger partial charge in [-0.3, -0.25) is 0 Å². The molecule has 0 spiro atoms. The van der Waals surface area contributed by atoms with E-state index < -0.39 is 0 Å². The molecule has 0 radical (unpaired) electrons. The number of hydrogen-bond acceptors (Lipinski definition) is 3. The summed E-state index contributed by atoms with van der Waals surface area (Å²) in [6.45, 7) is 5.26. The van der Waals surface area contributed by atoms with Gasteiger partial charge in [0.15, 0.2) is 0 Å². The van der Waals surface area contributed by atoms with Gasteiger partial charge in [0.2, 0.25) is 0 Å². The highest BCUT2D eigenvalue weighted by molar-refractivity contribution is 7.99. The van der Waals surface area contributed by atoms with Crippen LogP contribution in [0, 0.1) is 12.7 Å². The molecule has 0 saturated carbocycles. The van der Waals surface area contributed by atoms with Crippen LogP contribution in [0.15, 0.2) is 40.6 Å². The molecule has 1 aromatic carbocycles. The summed E-state index contributed by atoms with van der Waals surface area (Å²) in [7, 11) is 0. The van der Waals surface area contributed by atoms with Crippen LogP contribution in [0.3, 0.4) is 0 Å². The lowest BCUT2D eigenvalue weighted by molar-refractivity contribution is 0.576. The Labute approximate surface area is 128 Å². The van der Waals surface area contributed by atoms with Gasteiger partial charge in [0, 0.05) is 21.6 Å². The van der Waals surface area contributed by atoms with Gasteiger partial charge in [-0.05, 0) is 49.0 Å². The van der Waals surface area contributed by atoms with Crippen molar-refractivity contribution in [3.8, 4) is 0 Å². The maximum atomic E-state index is 13.7. The fourth-order valence-corrected chi connectivity index (χ4v) is 3.77. The lowest BCUT2D eigenvalue weighted by Crippen LogP contribution is -2.23. The Bertz CT molecular complexity index is 539. The number of halogens is 1. The molecule has 1 nitrogen and oxygen atoms in total. The molecule has 2 aromatic rings. The Kier molecular flexibility index (Phi) is 6.07. The average Bonchev–Trinajstić information content (AvgIpc) is 2.87. The molecular formula is C16H20FNS2. The van der Waals surface area contributed by atoms with E-state index in [1.54, 1.807) is 29.2 Å². The van der Waals surface area contributed by atoms with E-state index in [0.29, 0.717) is 0 Å². The van der Waals surface area contributed by atoms with Gasteiger partial charge in [0.05, 0.1) is 0 Å². The largest absolute Gasteiger partial charge is 0.309 e. The van der Waals surface area contributed by atoms with E-state index in [1.807, 2.05) is 12.1 Å². The first-order valence-electron chi connectivity index (χ1n) is 6.86. The summed E-state index contributed by atoms with van der Waals surface area (Å²) in [5, 5.41) is 5.75. The topological polar surface area (TPSA) is 12.0 Å². The minimum atomic E-state index is -0.131. The fourth-order valence-electron chi connectivity index (χ4n) is 1.97. The average molecular weight is 309 g/mol. The molecular weight excluding hydrogens is 289 g/mol. The van der Waals surface area contributed by atoms with Gasteiger partial charge in [-0.2, -0.15) is 0 Å². The monoisotopic (exact) mass is 309 g/mol. The van der Waals surface area contributed by atoms with Gasteiger partial charge < -0.3 is 5.32 Å². The highest BCUT2D eigenvalue weighted by Gasteiger charge is 2.13. The van der Waals surface area contributed by atoms with Crippen molar-refractivity contribution in [2.75, 3.05) is 12.3 Å². The van der Waals surface area contributed by atoms with Gasteiger partial charge in [0.25, 0.3) is 0 Å². The molecule has 0 bridgehead atoms. The predicted octanol–water partition coefficient (Wildman–Crippen LogP) is 5.03. The number of nitrogens with one attached hydrogen (secondary N) is 1. The molecule has 20 heavy (non-hydrogen) atoms. The van der Waals surface area contributed by atoms with Crippen molar-refractivity contribution in [1.82, 2.24) is 5.32 Å². The van der Waals surface area contributed by atoms with Crippen molar-refractivity contribution in [2.24, 2.45) is 0 Å². The van der Waals surface area contributed by atoms with Gasteiger partial charge in [0.1, 0.15) is 5.82 Å². The molecule has 1 unspecified atom stereocenters. The molecule has 0 aliphatic carbocycles. The van der Waals surface area contributed by atoms with E-state index >= 15 is 0 Å². The van der Waals surface area contributed by atoms with Crippen LogP contribution in [0.25, 0.3) is 0 Å². The van der Waals surface area contributed by atoms with Crippen LogP contribution in [0.4, 0.5) is 4.39 Å². The van der Waals surface area contributed by atoms with Crippen molar-refractivity contribution in [3.05, 3.63) is 52.0 Å². The van der Waals surface area contributed by atoms with E-state index in [-0.39, 0.29) is 11.9 Å². The number of thioether (sulfide) groups is 1. The van der Waals surface area contributed by atoms with Gasteiger partial charge in [-0.15, -0.1) is 23.1 Å². The number of hydrogen-bond donors (Lipinski definition) is 1. The van der Waals surface area contributed by atoms with Crippen LogP contribution in [0.5, 0.6) is 0 Å². The summed E-state index contributed by atoms with van der Waals surface area (Å²) in [4.78, 5) is 2.04. The van der Waals surface area contributed by atoms with Gasteiger partial charge in [-0.25, -0.2) is 4.39 Å². The normalized spacial score (nSPS) is 12.6. The minimum absolute atomic E-state index is 0.131. The Morgan fingerprint density at radius 3 is 2.80 bits per heavy atom. The number of thiophene rings is 1. The zero-order valence-electron chi connectivity index (χ0n) is 11.9. The van der Waals surface area contributed by atoms with Crippen LogP contribution in [-0.2, 0) is 0 Å². The smallest absolute Gasteiger partial charge is 0.136 e. The highest BCUT2D eigenvalue weighted by Crippen LogP contribution is 2.28. The maximum Gasteiger partial charge on any atom is 0.136 e. The molecule has 1 heterocycles. The first kappa shape index (κ1) is 15.5. The van der Waals surface area contributed by atoms with Crippen molar-refractivity contribution < 1.29 is 4.39 Å². The Hall–Kier alpha value is -0.840. The van der Waals surface area contributed by atoms with E-state index in [9.17, 15) is 4.39 Å². The van der Waals surface area contributed by atoms with Crippen molar-refractivity contribution in [3.63, 3.8) is 0 Å². The van der Waals surface area contributed by atoms with Crippen LogP contribution in [0.2, 0.25) is 0 Å². The van der Waals surface area contributed by atoms with Crippen molar-refractivity contribution in [1.29, 1.82) is 0 Å². The third-order valence-electron chi connectivity index (χ3n) is 3.04. The lowest BCUT2D eigenvalue weighted by atomic mass is 10.1. The van der Waals surface area contributed by atoms with E-state index in [1.165, 1.54) is 16.5 Å². The van der Waals surface area contributed by atoms with Crippen LogP contribution in [-0.4, -0.2) is 12.3 Å². The predicted molar refractivity (Wildman–Crippen MR) is 87.2 cm³/mol. The highest BCUT2D eigenvalue weighted by atomic mass is 32.2. The molecule has 108 valence electrons. The fraction of sp³-hybridized carbons (Fsp3) is 0.375. The van der Waals surface area contributed by atoms with E-state index in [2.05, 4.69) is 30.6 Å². The number of aryl methyl sites for hydroxylation is 1. The summed E-state index contributed by atoms with van der Waals surface area (Å²) in [5.74, 6) is 0.713. The molecule has 0 amide bonds. The SMILES string of the molecule is CCCNC(CSc1ccccc1F)c1csc(C)c1. The molecule has 1 aromatic heterocycles. The lowest BCUT2D eigenvalue weighted by Gasteiger charge is -2.17. The molecule has 4 heteroatoms. The molecule has 1 atom stereocenters. The first-order valence-corrected chi connectivity index (χ1v) is 8.73. The first-order chi connectivity index (χ1) is 9.70. The standard InChI is InChI=1S/C16H20FNS2/c1-3-8-18-15(13-9-12(2)19-10-13)11-20-16-7-5-4-6-14(16)17/h4-7,9-10,15,18H,3,8,11H2,1-2H3. The van der Waals surface area contributed by atoms with Crippen LogP contribution >= 0.6 is 23.1 Å². The van der Waals surface area contributed by atoms with Crippen molar-refractivity contribution >= 4 is 23.1 Å². The Balaban J connectivity index is 2.03. The molecule has 0 saturated heterocycles. The van der Waals surface area contributed by atoms with Gasteiger partial charge >= 0.3 is 0 Å². The Morgan fingerprint density at radius 1 is 1.35 bits per heavy atom. The summed E-state index contributed by atoms with van der Waals surface area (Å²) in [6.07, 6.45) is 1.10. The molecule has 1 N–H and O–H groups in total. The van der Waals surface area contributed by atoms with Gasteiger partial charge in [-0.1, -0.05) is 19.1 Å². The second kappa shape index (κ2) is 7.81. The van der Waals surface area contributed by atoms with Crippen LogP contribution in [0.1, 0.15) is 29.8 Å². The molecule has 2 rings (SSSR count). The molecule has 0 fully saturated rings. The zero-order chi connectivity index (χ0) is 14.4. The maximum absolute atomic E-state index is 13.7. The second-order valence-electron chi connectivity index (χ2n) is 4.74. The molecule has 0 aliphatic heterocycles. The summed E-state index contributed by atoms with van der Waals surface area (Å²) < 4.78 is 13.7. The van der Waals surface area contributed by atoms with E-state index in [0.717, 1.165) is 23.6 Å². The van der Waals surface area contributed by atoms with Crippen LogP contribution < -0.4 is 5.32 Å². The van der Waals surface area contributed by atoms with Crippen molar-refractivity contribution in [2.45, 2.75) is 31.2 Å². The number of benzene rings is 1. The summed E-state index contributed by atoms with van der Waals surface area (Å²) in [5.41, 5.74) is 1.31. The number of rotatable bonds is 7. The third-order valence-corrected chi connectivity index (χ3v) is 5.06.